The smallest absolute Gasteiger partial charge is 0.335 e. The molecule has 48 heavy (non-hydrogen) atoms. The summed E-state index contributed by atoms with van der Waals surface area (Å²) in [5.74, 6) is 3.21. The summed E-state index contributed by atoms with van der Waals surface area (Å²) in [7, 11) is -7.96. The normalized spacial score (nSPS) is 25.7. The van der Waals surface area contributed by atoms with Crippen molar-refractivity contribution in [2.24, 2.45) is 5.92 Å². The molecule has 14 heteroatoms. The first kappa shape index (κ1) is 38.7. The van der Waals surface area contributed by atoms with E-state index in [0.29, 0.717) is 23.2 Å². The number of hydrogen-bond acceptors (Lipinski definition) is 9. The van der Waals surface area contributed by atoms with Crippen molar-refractivity contribution in [3.63, 3.8) is 0 Å². The predicted octanol–water partition coefficient (Wildman–Crippen LogP) is 6.96. The largest absolute Gasteiger partial charge is 0.476 e. The number of nitrogens with one attached hydrogen (secondary N) is 2. The van der Waals surface area contributed by atoms with Crippen molar-refractivity contribution in [3.8, 4) is 17.3 Å². The number of hydrogen-bond donors (Lipinski definition) is 3. The average Bonchev–Trinajstić information content (AvgIpc) is 3.49. The van der Waals surface area contributed by atoms with Gasteiger partial charge in [-0.3, -0.25) is 10.1 Å². The number of carbonyl (C=O) groups excluding carboxylic acids is 1. The van der Waals surface area contributed by atoms with E-state index in [-0.39, 0.29) is 52.4 Å². The van der Waals surface area contributed by atoms with Crippen molar-refractivity contribution >= 4 is 48.1 Å². The number of ether oxygens (including phenoxy) is 2. The fourth-order valence-corrected chi connectivity index (χ4v) is 18.5. The maximum absolute atomic E-state index is 13.0. The molecule has 2 aliphatic rings. The zero-order chi connectivity index (χ0) is 36.0. The Kier molecular flexibility index (Phi) is 11.5. The lowest BCUT2D eigenvalue weighted by Crippen LogP contribution is -2.67. The highest BCUT2D eigenvalue weighted by Crippen LogP contribution is 2.52. The zero-order valence-electron chi connectivity index (χ0n) is 31.4. The standard InChI is InChI=1S/C34H58N4O7Si3/c1-15-41-32-28-27(36-33(38-32)37-31(39)20(2)3)25(18-35-28)29-34(40,16-17-46(12,13)14)30-26(43-29)19-42-47(21(4)5,22(6)7)45-48(44-30,23(8)9)24(10)11/h18,20-24,26,29-30,35,40H,15,19H2,1-14H3,(H,36,37,38,39)/t26-,29+,30-,34-/m1/s1. The van der Waals surface area contributed by atoms with E-state index in [9.17, 15) is 9.90 Å². The van der Waals surface area contributed by atoms with Crippen molar-refractivity contribution in [3.05, 3.63) is 11.8 Å². The quantitative estimate of drug-likeness (QED) is 0.186. The number of amides is 1. The minimum Gasteiger partial charge on any atom is -0.476 e. The molecule has 4 heterocycles. The highest BCUT2D eigenvalue weighted by molar-refractivity contribution is 6.84. The number of aromatic nitrogens is 3. The van der Waals surface area contributed by atoms with Crippen LogP contribution in [0.2, 0.25) is 41.8 Å². The summed E-state index contributed by atoms with van der Waals surface area (Å²) < 4.78 is 34.5. The Bertz CT molecular complexity index is 1510. The summed E-state index contributed by atoms with van der Waals surface area (Å²) in [6.07, 6.45) is -0.695. The fourth-order valence-electron chi connectivity index (χ4n) is 6.68. The summed E-state index contributed by atoms with van der Waals surface area (Å²) in [5, 5.41) is 15.8. The molecule has 0 saturated carbocycles. The maximum Gasteiger partial charge on any atom is 0.335 e. The van der Waals surface area contributed by atoms with Crippen LogP contribution in [0.15, 0.2) is 6.20 Å². The van der Waals surface area contributed by atoms with Crippen molar-refractivity contribution in [1.29, 1.82) is 0 Å². The molecule has 4 atom stereocenters. The van der Waals surface area contributed by atoms with Gasteiger partial charge in [0.15, 0.2) is 5.60 Å². The zero-order valence-corrected chi connectivity index (χ0v) is 34.4. The summed E-state index contributed by atoms with van der Waals surface area (Å²) in [6.45, 7) is 29.8. The summed E-state index contributed by atoms with van der Waals surface area (Å²) in [5.41, 5.74) is 3.64. The van der Waals surface area contributed by atoms with Gasteiger partial charge in [-0.2, -0.15) is 4.98 Å². The van der Waals surface area contributed by atoms with Crippen molar-refractivity contribution in [2.75, 3.05) is 18.5 Å². The molecule has 3 N–H and O–H groups in total. The lowest BCUT2D eigenvalue weighted by atomic mass is 9.88. The van der Waals surface area contributed by atoms with E-state index in [1.54, 1.807) is 20.0 Å². The second kappa shape index (κ2) is 14.3. The van der Waals surface area contributed by atoms with Crippen LogP contribution < -0.4 is 10.1 Å². The summed E-state index contributed by atoms with van der Waals surface area (Å²) in [4.78, 5) is 25.2. The molecule has 4 rings (SSSR count). The van der Waals surface area contributed by atoms with E-state index >= 15 is 0 Å². The third-order valence-corrected chi connectivity index (χ3v) is 20.4. The van der Waals surface area contributed by atoms with Crippen LogP contribution in [0.3, 0.4) is 0 Å². The van der Waals surface area contributed by atoms with Crippen LogP contribution in [0.5, 0.6) is 5.88 Å². The number of aromatic amines is 1. The van der Waals surface area contributed by atoms with Gasteiger partial charge in [-0.15, -0.1) is 5.54 Å². The summed E-state index contributed by atoms with van der Waals surface area (Å²) >= 11 is 0. The predicted molar refractivity (Wildman–Crippen MR) is 196 cm³/mol. The third kappa shape index (κ3) is 7.20. The fraction of sp³-hybridized carbons (Fsp3) is 0.735. The second-order valence-electron chi connectivity index (χ2n) is 15.8. The maximum atomic E-state index is 13.0. The molecule has 0 unspecified atom stereocenters. The average molecular weight is 719 g/mol. The number of rotatable bonds is 9. The van der Waals surface area contributed by atoms with Crippen molar-refractivity contribution < 1.29 is 32.3 Å². The van der Waals surface area contributed by atoms with E-state index in [0.717, 1.165) is 0 Å². The van der Waals surface area contributed by atoms with Crippen LogP contribution in [0.1, 0.15) is 87.8 Å². The minimum atomic E-state index is -3.12. The van der Waals surface area contributed by atoms with Gasteiger partial charge in [-0.05, 0) is 29.1 Å². The minimum absolute atomic E-state index is 0.0548. The van der Waals surface area contributed by atoms with E-state index in [1.807, 2.05) is 6.92 Å². The molecule has 0 spiro atoms. The molecule has 2 saturated heterocycles. The number of aliphatic hydroxyl groups is 1. The van der Waals surface area contributed by atoms with Gasteiger partial charge < -0.3 is 32.5 Å². The molecule has 0 aromatic carbocycles. The van der Waals surface area contributed by atoms with Gasteiger partial charge in [-0.1, -0.05) is 94.8 Å². The van der Waals surface area contributed by atoms with Gasteiger partial charge in [0.05, 0.1) is 13.2 Å². The monoisotopic (exact) mass is 718 g/mol. The Morgan fingerprint density at radius 2 is 1.67 bits per heavy atom. The van der Waals surface area contributed by atoms with Crippen LogP contribution in [0.25, 0.3) is 11.0 Å². The number of carbonyl (C=O) groups is 1. The number of fused-ring (bicyclic) bond motifs is 2. The Hall–Kier alpha value is -2.10. The number of nitrogens with zero attached hydrogens (tertiary/aromatic N) is 2. The first-order chi connectivity index (χ1) is 22.2. The van der Waals surface area contributed by atoms with Crippen molar-refractivity contribution in [2.45, 2.75) is 142 Å². The van der Waals surface area contributed by atoms with Crippen LogP contribution in [0.4, 0.5) is 5.95 Å². The molecule has 1 amide bonds. The van der Waals surface area contributed by atoms with Crippen LogP contribution in [-0.4, -0.2) is 82.2 Å². The highest BCUT2D eigenvalue weighted by atomic mass is 28.5. The lowest BCUT2D eigenvalue weighted by molar-refractivity contribution is -0.118. The highest BCUT2D eigenvalue weighted by Gasteiger charge is 2.65. The number of H-pyrrole nitrogens is 1. The molecule has 0 aliphatic carbocycles. The molecule has 0 radical (unpaired) electrons. The van der Waals surface area contributed by atoms with Gasteiger partial charge >= 0.3 is 17.1 Å². The second-order valence-corrected chi connectivity index (χ2v) is 29.4. The summed E-state index contributed by atoms with van der Waals surface area (Å²) in [6, 6.07) is 0. The molecule has 2 aromatic rings. The van der Waals surface area contributed by atoms with Crippen LogP contribution in [-0.2, 0) is 22.5 Å². The Morgan fingerprint density at radius 3 is 2.19 bits per heavy atom. The van der Waals surface area contributed by atoms with Gasteiger partial charge in [0.25, 0.3) is 0 Å². The molecule has 268 valence electrons. The molecular weight excluding hydrogens is 661 g/mol. The van der Waals surface area contributed by atoms with E-state index in [2.05, 4.69) is 102 Å². The molecule has 2 aliphatic heterocycles. The molecule has 0 bridgehead atoms. The number of anilines is 1. The van der Waals surface area contributed by atoms with E-state index in [1.165, 1.54) is 0 Å². The van der Waals surface area contributed by atoms with Gasteiger partial charge in [0, 0.05) is 17.7 Å². The SMILES string of the molecule is CCOc1nc(NC(=O)C(C)C)nc2c([C@@H]3O[C@@H]4CO[Si](C(C)C)(C(C)C)O[Si](C(C)C)(C(C)C)O[C@H]4[C@@]3(O)C#C[Si](C)(C)C)c[nH]c12. The topological polar surface area (TPSA) is 137 Å². The van der Waals surface area contributed by atoms with Crippen LogP contribution >= 0.6 is 0 Å². The third-order valence-electron chi connectivity index (χ3n) is 9.29. The Labute approximate surface area is 290 Å². The first-order valence-corrected chi connectivity index (χ1v) is 24.9. The molecular formula is C34H58N4O7Si3. The Morgan fingerprint density at radius 1 is 1.06 bits per heavy atom. The van der Waals surface area contributed by atoms with Crippen LogP contribution in [0, 0.1) is 17.4 Å². The molecule has 2 fully saturated rings. The lowest BCUT2D eigenvalue weighted by Gasteiger charge is -2.52. The van der Waals surface area contributed by atoms with Gasteiger partial charge in [0.2, 0.25) is 17.7 Å². The molecule has 2 aromatic heterocycles. The Balaban J connectivity index is 1.97. The van der Waals surface area contributed by atoms with Gasteiger partial charge in [0.1, 0.15) is 37.4 Å². The van der Waals surface area contributed by atoms with Gasteiger partial charge in [-0.25, -0.2) is 4.98 Å². The van der Waals surface area contributed by atoms with E-state index in [4.69, 9.17) is 27.4 Å². The first-order valence-electron chi connectivity index (χ1n) is 17.5. The van der Waals surface area contributed by atoms with Crippen molar-refractivity contribution in [1.82, 2.24) is 15.0 Å². The molecule has 11 nitrogen and oxygen atoms in total. The van der Waals surface area contributed by atoms with E-state index < -0.39 is 49.1 Å².